The molecule has 1 heterocycles. The first kappa shape index (κ1) is 13.0. The molecule has 16 heavy (non-hydrogen) atoms. The van der Waals surface area contributed by atoms with Crippen molar-refractivity contribution in [2.75, 3.05) is 6.54 Å². The Bertz CT molecular complexity index is 403. The third kappa shape index (κ3) is 3.81. The van der Waals surface area contributed by atoms with E-state index in [2.05, 4.69) is 33.2 Å². The van der Waals surface area contributed by atoms with Crippen molar-refractivity contribution in [3.05, 3.63) is 34.2 Å². The quantitative estimate of drug-likeness (QED) is 0.809. The van der Waals surface area contributed by atoms with E-state index in [0.717, 1.165) is 12.8 Å². The lowest BCUT2D eigenvalue weighted by atomic mass is 10.2. The van der Waals surface area contributed by atoms with Crippen molar-refractivity contribution in [3.8, 4) is 0 Å². The summed E-state index contributed by atoms with van der Waals surface area (Å²) in [7, 11) is 0. The highest BCUT2D eigenvalue weighted by atomic mass is 79.9. The number of carbonyl (C=O) groups excluding carboxylic acids is 1. The van der Waals surface area contributed by atoms with Crippen LogP contribution in [0.25, 0.3) is 0 Å². The molecule has 0 saturated carbocycles. The summed E-state index contributed by atoms with van der Waals surface area (Å²) in [5.74, 6) is -0.331. The highest BCUT2D eigenvalue weighted by Crippen LogP contribution is 2.06. The number of hydrogen-bond donors (Lipinski definition) is 2. The van der Waals surface area contributed by atoms with Crippen molar-refractivity contribution in [1.82, 2.24) is 10.3 Å². The summed E-state index contributed by atoms with van der Waals surface area (Å²) in [4.78, 5) is 25.9. The maximum Gasteiger partial charge on any atom is 0.256 e. The Morgan fingerprint density at radius 2 is 2.38 bits per heavy atom. The molecule has 1 aromatic rings. The van der Waals surface area contributed by atoms with Crippen LogP contribution in [0.15, 0.2) is 23.3 Å². The number of amides is 1. The smallest absolute Gasteiger partial charge is 0.256 e. The van der Waals surface area contributed by atoms with Crippen molar-refractivity contribution in [1.29, 1.82) is 0 Å². The van der Waals surface area contributed by atoms with Crippen molar-refractivity contribution < 1.29 is 4.79 Å². The van der Waals surface area contributed by atoms with Crippen LogP contribution in [-0.4, -0.2) is 22.3 Å². The predicted molar refractivity (Wildman–Crippen MR) is 67.0 cm³/mol. The number of aromatic amines is 1. The number of H-pyrrole nitrogens is 1. The van der Waals surface area contributed by atoms with Crippen LogP contribution in [0.1, 0.15) is 30.1 Å². The van der Waals surface area contributed by atoms with E-state index in [0.29, 0.717) is 6.54 Å². The molecule has 5 heteroatoms. The molecule has 1 atom stereocenters. The highest BCUT2D eigenvalue weighted by molar-refractivity contribution is 9.09. The molecule has 0 fully saturated rings. The van der Waals surface area contributed by atoms with Crippen molar-refractivity contribution in [2.24, 2.45) is 0 Å². The Balaban J connectivity index is 2.54. The molecule has 88 valence electrons. The largest absolute Gasteiger partial charge is 0.367 e. The Hall–Kier alpha value is -1.10. The van der Waals surface area contributed by atoms with Crippen LogP contribution in [0.4, 0.5) is 0 Å². The van der Waals surface area contributed by atoms with Gasteiger partial charge in [-0.05, 0) is 6.42 Å². The first-order chi connectivity index (χ1) is 7.65. The molecular weight excluding hydrogens is 272 g/mol. The lowest BCUT2D eigenvalue weighted by molar-refractivity contribution is 0.0952. The number of hydrogen-bond acceptors (Lipinski definition) is 2. The first-order valence-electron chi connectivity index (χ1n) is 5.24. The van der Waals surface area contributed by atoms with Gasteiger partial charge in [-0.1, -0.05) is 29.3 Å². The molecule has 0 bridgehead atoms. The molecule has 0 radical (unpaired) electrons. The van der Waals surface area contributed by atoms with Crippen molar-refractivity contribution in [2.45, 2.75) is 24.6 Å². The maximum atomic E-state index is 11.6. The molecule has 2 N–H and O–H groups in total. The SMILES string of the molecule is CCCC(Br)CNC(=O)c1c[nH]ccc1=O. The van der Waals surface area contributed by atoms with Crippen molar-refractivity contribution in [3.63, 3.8) is 0 Å². The molecule has 1 aromatic heterocycles. The van der Waals surface area contributed by atoms with Crippen LogP contribution in [-0.2, 0) is 0 Å². The molecule has 0 spiro atoms. The van der Waals surface area contributed by atoms with Crippen LogP contribution >= 0.6 is 15.9 Å². The zero-order valence-corrected chi connectivity index (χ0v) is 10.7. The van der Waals surface area contributed by atoms with Gasteiger partial charge in [0, 0.05) is 29.8 Å². The van der Waals surface area contributed by atoms with Gasteiger partial charge in [-0.2, -0.15) is 0 Å². The summed E-state index contributed by atoms with van der Waals surface area (Å²) in [5, 5.41) is 2.72. The fraction of sp³-hybridized carbons (Fsp3) is 0.455. The van der Waals surface area contributed by atoms with E-state index in [1.165, 1.54) is 18.5 Å². The third-order valence-electron chi connectivity index (χ3n) is 2.15. The maximum absolute atomic E-state index is 11.6. The summed E-state index contributed by atoms with van der Waals surface area (Å²) in [6.45, 7) is 2.61. The van der Waals surface area contributed by atoms with Gasteiger partial charge < -0.3 is 10.3 Å². The van der Waals surface area contributed by atoms with Crippen LogP contribution in [0.3, 0.4) is 0 Å². The van der Waals surface area contributed by atoms with Crippen LogP contribution in [0.5, 0.6) is 0 Å². The van der Waals surface area contributed by atoms with Gasteiger partial charge in [0.1, 0.15) is 5.56 Å². The van der Waals surface area contributed by atoms with E-state index < -0.39 is 0 Å². The monoisotopic (exact) mass is 286 g/mol. The first-order valence-corrected chi connectivity index (χ1v) is 6.16. The molecule has 1 amide bonds. The average Bonchev–Trinajstić information content (AvgIpc) is 2.27. The lowest BCUT2D eigenvalue weighted by Crippen LogP contribution is -2.32. The van der Waals surface area contributed by atoms with E-state index in [1.54, 1.807) is 0 Å². The minimum atomic E-state index is -0.331. The summed E-state index contributed by atoms with van der Waals surface area (Å²) in [6, 6.07) is 1.34. The summed E-state index contributed by atoms with van der Waals surface area (Å²) in [5.41, 5.74) is -0.114. The Morgan fingerprint density at radius 1 is 1.62 bits per heavy atom. The summed E-state index contributed by atoms with van der Waals surface area (Å²) >= 11 is 3.46. The van der Waals surface area contributed by atoms with Crippen LogP contribution in [0, 0.1) is 0 Å². The third-order valence-corrected chi connectivity index (χ3v) is 2.94. The molecule has 0 aliphatic carbocycles. The fourth-order valence-corrected chi connectivity index (χ4v) is 1.93. The van der Waals surface area contributed by atoms with Crippen LogP contribution in [0.2, 0.25) is 0 Å². The Kier molecular flexibility index (Phi) is 5.25. The minimum absolute atomic E-state index is 0.152. The molecule has 1 unspecified atom stereocenters. The van der Waals surface area contributed by atoms with E-state index in [1.807, 2.05) is 0 Å². The standard InChI is InChI=1S/C11H15BrN2O2/c1-2-3-8(12)6-14-11(16)9-7-13-5-4-10(9)15/h4-5,7-8H,2-3,6H2,1H3,(H,13,15)(H,14,16). The molecule has 0 aliphatic heterocycles. The minimum Gasteiger partial charge on any atom is -0.367 e. The normalized spacial score (nSPS) is 12.1. The number of carbonyl (C=O) groups is 1. The fourth-order valence-electron chi connectivity index (χ4n) is 1.31. The lowest BCUT2D eigenvalue weighted by Gasteiger charge is -2.09. The van der Waals surface area contributed by atoms with Gasteiger partial charge in [-0.3, -0.25) is 9.59 Å². The van der Waals surface area contributed by atoms with Gasteiger partial charge in [-0.15, -0.1) is 0 Å². The summed E-state index contributed by atoms with van der Waals surface area (Å²) in [6.07, 6.45) is 4.97. The Labute approximate surface area is 103 Å². The van der Waals surface area contributed by atoms with Crippen LogP contribution < -0.4 is 10.7 Å². The molecule has 0 aliphatic rings. The number of nitrogens with one attached hydrogen (secondary N) is 2. The zero-order valence-electron chi connectivity index (χ0n) is 9.13. The van der Waals surface area contributed by atoms with Gasteiger partial charge in [0.15, 0.2) is 5.43 Å². The second-order valence-corrected chi connectivity index (χ2v) is 4.81. The van der Waals surface area contributed by atoms with Gasteiger partial charge in [0.25, 0.3) is 5.91 Å². The zero-order chi connectivity index (χ0) is 12.0. The van der Waals surface area contributed by atoms with E-state index in [-0.39, 0.29) is 21.7 Å². The average molecular weight is 287 g/mol. The van der Waals surface area contributed by atoms with E-state index in [4.69, 9.17) is 0 Å². The van der Waals surface area contributed by atoms with Gasteiger partial charge in [-0.25, -0.2) is 0 Å². The topological polar surface area (TPSA) is 62.0 Å². The molecule has 0 saturated heterocycles. The van der Waals surface area contributed by atoms with Gasteiger partial charge in [0.2, 0.25) is 0 Å². The second-order valence-electron chi connectivity index (χ2n) is 3.52. The van der Waals surface area contributed by atoms with Gasteiger partial charge >= 0.3 is 0 Å². The molecular formula is C11H15BrN2O2. The molecule has 1 rings (SSSR count). The van der Waals surface area contributed by atoms with Crippen molar-refractivity contribution >= 4 is 21.8 Å². The van der Waals surface area contributed by atoms with E-state index >= 15 is 0 Å². The highest BCUT2D eigenvalue weighted by Gasteiger charge is 2.10. The molecule has 0 aromatic carbocycles. The number of aromatic nitrogens is 1. The van der Waals surface area contributed by atoms with Gasteiger partial charge in [0.05, 0.1) is 0 Å². The second kappa shape index (κ2) is 6.48. The van der Waals surface area contributed by atoms with E-state index in [9.17, 15) is 9.59 Å². The number of alkyl halides is 1. The summed E-state index contributed by atoms with van der Waals surface area (Å²) < 4.78 is 0. The number of halogens is 1. The molecule has 4 nitrogen and oxygen atoms in total. The Morgan fingerprint density at radius 3 is 3.00 bits per heavy atom. The number of rotatable bonds is 5. The predicted octanol–water partition coefficient (Wildman–Crippen LogP) is 1.67. The number of pyridine rings is 1.